The SMILES string of the molecule is NN([O-])ON[O-]. The summed E-state index contributed by atoms with van der Waals surface area (Å²) in [5.74, 6) is 4.20. The topological polar surface area (TPSA) is 96.6 Å². The highest BCUT2D eigenvalue weighted by Gasteiger charge is 1.63. The van der Waals surface area contributed by atoms with Gasteiger partial charge < -0.3 is 10.4 Å². The molecule has 0 saturated heterocycles. The molecule has 6 nitrogen and oxygen atoms in total. The summed E-state index contributed by atoms with van der Waals surface area (Å²) in [5, 5.41) is 17.7. The molecule has 0 spiro atoms. The molecule has 0 fully saturated rings. The van der Waals surface area contributed by atoms with Crippen LogP contribution in [0.15, 0.2) is 0 Å². The van der Waals surface area contributed by atoms with Gasteiger partial charge in [-0.15, -0.1) is 0 Å². The fraction of sp³-hybridized carbons (Fsp3) is 0. The lowest BCUT2D eigenvalue weighted by molar-refractivity contribution is -0.165. The smallest absolute Gasteiger partial charge is 0.176 e. The molecule has 0 atom stereocenters. The maximum Gasteiger partial charge on any atom is -0.176 e. The lowest BCUT2D eigenvalue weighted by atomic mass is 12.6. The van der Waals surface area contributed by atoms with Crippen LogP contribution in [-0.4, -0.2) is 5.34 Å². The molecule has 0 aromatic rings. The lowest BCUT2D eigenvalue weighted by Crippen LogP contribution is -2.28. The van der Waals surface area contributed by atoms with E-state index in [1.165, 1.54) is 0 Å². The van der Waals surface area contributed by atoms with Crippen molar-refractivity contribution in [3.63, 3.8) is 0 Å². The molecular formula is H3N3O3-2. The number of nitrogens with one attached hydrogen (secondary N) is 1. The number of rotatable bonds is 2. The van der Waals surface area contributed by atoms with Gasteiger partial charge in [0.15, 0.2) is 0 Å². The molecule has 0 radical (unpaired) electrons. The van der Waals surface area contributed by atoms with Crippen LogP contribution in [0.4, 0.5) is 0 Å². The van der Waals surface area contributed by atoms with Crippen LogP contribution in [0, 0.1) is 10.4 Å². The summed E-state index contributed by atoms with van der Waals surface area (Å²) in [7, 11) is 0. The largest absolute Gasteiger partial charge is 0.763 e. The Morgan fingerprint density at radius 3 is 2.33 bits per heavy atom. The Balaban J connectivity index is 2.63. The van der Waals surface area contributed by atoms with Crippen LogP contribution < -0.4 is 11.5 Å². The van der Waals surface area contributed by atoms with E-state index in [1.807, 2.05) is 0 Å². The number of hydrogen-bond acceptors (Lipinski definition) is 6. The molecule has 0 aliphatic heterocycles. The average molecular weight is 93.0 g/mol. The molecule has 0 aromatic heterocycles. The van der Waals surface area contributed by atoms with Crippen molar-refractivity contribution in [3.8, 4) is 0 Å². The van der Waals surface area contributed by atoms with Crippen molar-refractivity contribution in [1.29, 1.82) is 0 Å². The van der Waals surface area contributed by atoms with E-state index in [-0.39, 0.29) is 0 Å². The molecule has 0 aliphatic carbocycles. The van der Waals surface area contributed by atoms with Gasteiger partial charge in [0.1, 0.15) is 0 Å². The third-order valence-electron chi connectivity index (χ3n) is 0.127. The highest BCUT2D eigenvalue weighted by atomic mass is 17.0. The van der Waals surface area contributed by atoms with Gasteiger partial charge >= 0.3 is 0 Å². The molecule has 0 unspecified atom stereocenters. The second kappa shape index (κ2) is 2.97. The molecule has 0 aliphatic rings. The Bertz CT molecular complexity index is 27.2. The fourth-order valence-corrected chi connectivity index (χ4v) is 0.0367. The van der Waals surface area contributed by atoms with Crippen LogP contribution in [0.25, 0.3) is 0 Å². The van der Waals surface area contributed by atoms with Gasteiger partial charge in [-0.1, -0.05) is 0 Å². The molecule has 0 rings (SSSR count). The Labute approximate surface area is 33.5 Å². The van der Waals surface area contributed by atoms with Crippen LogP contribution >= 0.6 is 0 Å². The maximum atomic E-state index is 9.25. The van der Waals surface area contributed by atoms with E-state index in [2.05, 4.69) is 10.8 Å². The lowest BCUT2D eigenvalue weighted by Gasteiger charge is -2.21. The summed E-state index contributed by atoms with van der Waals surface area (Å²) in [6, 6.07) is 0. The zero-order valence-electron chi connectivity index (χ0n) is 2.75. The second-order valence-electron chi connectivity index (χ2n) is 0.460. The first-order valence-corrected chi connectivity index (χ1v) is 1.03. The maximum absolute atomic E-state index is 9.25. The van der Waals surface area contributed by atoms with Crippen molar-refractivity contribution >= 4 is 0 Å². The second-order valence-corrected chi connectivity index (χ2v) is 0.460. The number of hydrogen-bond donors (Lipinski definition) is 2. The van der Waals surface area contributed by atoms with E-state index in [0.29, 0.717) is 0 Å². The molecular weight excluding hydrogens is 90.0 g/mol. The zero-order valence-corrected chi connectivity index (χ0v) is 2.75. The van der Waals surface area contributed by atoms with Gasteiger partial charge in [0.05, 0.1) is 0 Å². The summed E-state index contributed by atoms with van der Waals surface area (Å²) in [5.41, 5.74) is 0.806. The van der Waals surface area contributed by atoms with Gasteiger partial charge in [-0.2, -0.15) is 5.34 Å². The molecule has 38 valence electrons. The van der Waals surface area contributed by atoms with Crippen LogP contribution in [-0.2, 0) is 4.94 Å². The molecule has 0 heterocycles. The molecule has 6 heteroatoms. The van der Waals surface area contributed by atoms with Gasteiger partial charge in [-0.3, -0.25) is 11.5 Å². The third kappa shape index (κ3) is 3.76. The van der Waals surface area contributed by atoms with Crippen LogP contribution in [0.2, 0.25) is 0 Å². The van der Waals surface area contributed by atoms with Crippen molar-refractivity contribution in [3.05, 3.63) is 10.4 Å². The zero-order chi connectivity index (χ0) is 4.99. The van der Waals surface area contributed by atoms with Gasteiger partial charge in [-0.05, 0) is 0 Å². The highest BCUT2D eigenvalue weighted by Crippen LogP contribution is 1.62. The first kappa shape index (κ1) is 5.76. The number of nitrogens with zero attached hydrogens (tertiary/aromatic N) is 1. The molecule has 0 amide bonds. The molecule has 3 N–H and O–H groups in total. The van der Waals surface area contributed by atoms with Crippen molar-refractivity contribution in [1.82, 2.24) is 11.0 Å². The standard InChI is InChI=1S/H3N3O3/c1-3(5)6-2-4/h2H,1H2/q-2. The first-order chi connectivity index (χ1) is 2.77. The average Bonchev–Trinajstić information content (AvgIpc) is 1.35. The van der Waals surface area contributed by atoms with Crippen LogP contribution in [0.3, 0.4) is 0 Å². The predicted molar refractivity (Wildman–Crippen MR) is 17.0 cm³/mol. The van der Waals surface area contributed by atoms with Gasteiger partial charge in [-0.25, -0.2) is 4.94 Å². The predicted octanol–water partition coefficient (Wildman–Crippen LogP) is -1.41. The van der Waals surface area contributed by atoms with E-state index in [0.717, 1.165) is 5.64 Å². The summed E-state index contributed by atoms with van der Waals surface area (Å²) in [4.78, 5) is 3.29. The number of hydrazine groups is 1. The third-order valence-corrected chi connectivity index (χ3v) is 0.127. The first-order valence-electron chi connectivity index (χ1n) is 1.03. The minimum atomic E-state index is -0.493. The normalized spacial score (nSPS) is 10.0. The molecule has 0 aromatic carbocycles. The van der Waals surface area contributed by atoms with Gasteiger partial charge in [0, 0.05) is 0 Å². The van der Waals surface area contributed by atoms with E-state index in [9.17, 15) is 5.21 Å². The van der Waals surface area contributed by atoms with Crippen molar-refractivity contribution < 1.29 is 4.94 Å². The highest BCUT2D eigenvalue weighted by molar-refractivity contribution is 4.17. The van der Waals surface area contributed by atoms with Gasteiger partial charge in [0.25, 0.3) is 0 Å². The summed E-state index contributed by atoms with van der Waals surface area (Å²) >= 11 is 0. The molecule has 0 bridgehead atoms. The Hall–Kier alpha value is -0.240. The molecule has 6 heavy (non-hydrogen) atoms. The minimum Gasteiger partial charge on any atom is -0.763 e. The van der Waals surface area contributed by atoms with E-state index < -0.39 is 5.34 Å². The fourth-order valence-electron chi connectivity index (χ4n) is 0.0367. The van der Waals surface area contributed by atoms with Crippen molar-refractivity contribution in [2.24, 2.45) is 5.84 Å². The van der Waals surface area contributed by atoms with Gasteiger partial charge in [0.2, 0.25) is 0 Å². The quantitative estimate of drug-likeness (QED) is 0.321. The monoisotopic (exact) mass is 93.0 g/mol. The Morgan fingerprint density at radius 2 is 2.33 bits per heavy atom. The summed E-state index contributed by atoms with van der Waals surface area (Å²) < 4.78 is 0. The Morgan fingerprint density at radius 1 is 1.83 bits per heavy atom. The summed E-state index contributed by atoms with van der Waals surface area (Å²) in [6.07, 6.45) is 0. The van der Waals surface area contributed by atoms with E-state index in [4.69, 9.17) is 5.21 Å². The van der Waals surface area contributed by atoms with Crippen molar-refractivity contribution in [2.45, 2.75) is 0 Å². The van der Waals surface area contributed by atoms with E-state index in [1.54, 1.807) is 0 Å². The van der Waals surface area contributed by atoms with E-state index >= 15 is 0 Å². The van der Waals surface area contributed by atoms with Crippen LogP contribution in [0.5, 0.6) is 0 Å². The molecule has 0 saturated carbocycles. The Kier molecular flexibility index (Phi) is 2.85. The van der Waals surface area contributed by atoms with Crippen molar-refractivity contribution in [2.75, 3.05) is 0 Å². The van der Waals surface area contributed by atoms with Crippen LogP contribution in [0.1, 0.15) is 0 Å². The number of nitrogens with two attached hydrogens (primary N) is 1. The summed E-state index contributed by atoms with van der Waals surface area (Å²) in [6.45, 7) is 0. The minimum absolute atomic E-state index is 0.493.